The zero-order valence-corrected chi connectivity index (χ0v) is 14.6. The maximum atomic E-state index is 12.3. The van der Waals surface area contributed by atoms with Gasteiger partial charge in [-0.1, -0.05) is 6.07 Å². The van der Waals surface area contributed by atoms with Gasteiger partial charge in [0.2, 0.25) is 5.89 Å². The minimum absolute atomic E-state index is 0.197. The van der Waals surface area contributed by atoms with Crippen molar-refractivity contribution in [3.63, 3.8) is 0 Å². The predicted molar refractivity (Wildman–Crippen MR) is 101 cm³/mol. The molecule has 0 aliphatic heterocycles. The number of carbonyl (C=O) groups is 1. The Morgan fingerprint density at radius 2 is 1.93 bits per heavy atom. The van der Waals surface area contributed by atoms with Gasteiger partial charge in [-0.3, -0.25) is 4.79 Å². The van der Waals surface area contributed by atoms with E-state index in [0.717, 1.165) is 5.39 Å². The fourth-order valence-corrected chi connectivity index (χ4v) is 2.61. The van der Waals surface area contributed by atoms with Crippen LogP contribution in [0.4, 0.5) is 0 Å². The average molecular weight is 370 g/mol. The van der Waals surface area contributed by atoms with E-state index in [1.54, 1.807) is 42.5 Å². The lowest BCUT2D eigenvalue weighted by Crippen LogP contribution is -2.23. The summed E-state index contributed by atoms with van der Waals surface area (Å²) >= 11 is 0. The number of fused-ring (bicyclic) bond motifs is 1. The number of benzene rings is 2. The molecule has 2 heterocycles. The number of amides is 1. The molecule has 0 fully saturated rings. The molecule has 0 bridgehead atoms. The summed E-state index contributed by atoms with van der Waals surface area (Å²) in [7, 11) is 0. The number of hydrogen-bond acceptors (Lipinski definition) is 6. The molecule has 0 unspecified atom stereocenters. The van der Waals surface area contributed by atoms with Crippen molar-refractivity contribution in [1.82, 2.24) is 15.3 Å². The Bertz CT molecular complexity index is 1160. The standard InChI is InChI=1S/C21H14N4O3/c22-12-14-1-4-16(5-2-14)28-17-6-8-18-15(11-17)3-7-19(25-18)21(26)24-13-20-23-9-10-27-20/h1-11H,13H2,(H,24,26). The summed E-state index contributed by atoms with van der Waals surface area (Å²) in [6.45, 7) is 0.197. The highest BCUT2D eigenvalue weighted by molar-refractivity contribution is 5.95. The van der Waals surface area contributed by atoms with Crippen LogP contribution < -0.4 is 10.1 Å². The first-order valence-electron chi connectivity index (χ1n) is 8.47. The van der Waals surface area contributed by atoms with Gasteiger partial charge in [0.25, 0.3) is 5.91 Å². The van der Waals surface area contributed by atoms with Crippen molar-refractivity contribution < 1.29 is 13.9 Å². The van der Waals surface area contributed by atoms with Gasteiger partial charge < -0.3 is 14.5 Å². The molecule has 4 rings (SSSR count). The van der Waals surface area contributed by atoms with Gasteiger partial charge in [-0.25, -0.2) is 9.97 Å². The molecule has 2 aromatic heterocycles. The maximum Gasteiger partial charge on any atom is 0.270 e. The van der Waals surface area contributed by atoms with Crippen LogP contribution >= 0.6 is 0 Å². The van der Waals surface area contributed by atoms with Crippen LogP contribution in [0.15, 0.2) is 71.5 Å². The number of aromatic nitrogens is 2. The van der Waals surface area contributed by atoms with Crippen LogP contribution in [0.1, 0.15) is 21.9 Å². The SMILES string of the molecule is N#Cc1ccc(Oc2ccc3nc(C(=O)NCc4ncco4)ccc3c2)cc1. The van der Waals surface area contributed by atoms with Crippen LogP contribution in [0.2, 0.25) is 0 Å². The molecule has 1 N–H and O–H groups in total. The third-order valence-corrected chi connectivity index (χ3v) is 4.00. The molecule has 4 aromatic rings. The van der Waals surface area contributed by atoms with Crippen LogP contribution in [-0.2, 0) is 6.54 Å². The molecule has 28 heavy (non-hydrogen) atoms. The van der Waals surface area contributed by atoms with E-state index in [2.05, 4.69) is 21.4 Å². The van der Waals surface area contributed by atoms with Gasteiger partial charge >= 0.3 is 0 Å². The highest BCUT2D eigenvalue weighted by Gasteiger charge is 2.10. The van der Waals surface area contributed by atoms with Crippen molar-refractivity contribution in [3.05, 3.63) is 84.2 Å². The number of ether oxygens (including phenoxy) is 1. The second-order valence-corrected chi connectivity index (χ2v) is 5.90. The fourth-order valence-electron chi connectivity index (χ4n) is 2.61. The molecule has 2 aromatic carbocycles. The van der Waals surface area contributed by atoms with E-state index in [1.165, 1.54) is 12.5 Å². The number of nitrogens with zero attached hydrogens (tertiary/aromatic N) is 3. The summed E-state index contributed by atoms with van der Waals surface area (Å²) in [6, 6.07) is 17.8. The molecule has 7 heteroatoms. The van der Waals surface area contributed by atoms with E-state index in [0.29, 0.717) is 34.2 Å². The smallest absolute Gasteiger partial charge is 0.270 e. The number of pyridine rings is 1. The summed E-state index contributed by atoms with van der Waals surface area (Å²) in [5.41, 5.74) is 1.56. The van der Waals surface area contributed by atoms with Gasteiger partial charge in [0.15, 0.2) is 0 Å². The Balaban J connectivity index is 1.48. The van der Waals surface area contributed by atoms with Gasteiger partial charge in [0, 0.05) is 5.39 Å². The van der Waals surface area contributed by atoms with Crippen LogP contribution in [-0.4, -0.2) is 15.9 Å². The fraction of sp³-hybridized carbons (Fsp3) is 0.0476. The van der Waals surface area contributed by atoms with E-state index in [-0.39, 0.29) is 12.5 Å². The number of nitrogens with one attached hydrogen (secondary N) is 1. The summed E-state index contributed by atoms with van der Waals surface area (Å²) in [6.07, 6.45) is 2.97. The van der Waals surface area contributed by atoms with Gasteiger partial charge in [0.1, 0.15) is 23.5 Å². The first kappa shape index (κ1) is 17.2. The molecule has 7 nitrogen and oxygen atoms in total. The quantitative estimate of drug-likeness (QED) is 0.573. The van der Waals surface area contributed by atoms with Gasteiger partial charge in [-0.05, 0) is 48.5 Å². The second kappa shape index (κ2) is 7.60. The molecule has 0 atom stereocenters. The normalized spacial score (nSPS) is 10.4. The van der Waals surface area contributed by atoms with Crippen LogP contribution in [0, 0.1) is 11.3 Å². The highest BCUT2D eigenvalue weighted by Crippen LogP contribution is 2.25. The monoisotopic (exact) mass is 370 g/mol. The topological polar surface area (TPSA) is 101 Å². The van der Waals surface area contributed by atoms with Crippen LogP contribution in [0.25, 0.3) is 10.9 Å². The third-order valence-electron chi connectivity index (χ3n) is 4.00. The number of carbonyl (C=O) groups excluding carboxylic acids is 1. The molecular formula is C21H14N4O3. The van der Waals surface area contributed by atoms with Gasteiger partial charge in [-0.2, -0.15) is 5.26 Å². The molecular weight excluding hydrogens is 356 g/mol. The van der Waals surface area contributed by atoms with Crippen molar-refractivity contribution in [3.8, 4) is 17.6 Å². The minimum atomic E-state index is -0.307. The Morgan fingerprint density at radius 3 is 2.68 bits per heavy atom. The van der Waals surface area contributed by atoms with E-state index in [4.69, 9.17) is 14.4 Å². The lowest BCUT2D eigenvalue weighted by atomic mass is 10.2. The molecule has 0 saturated heterocycles. The Kier molecular flexibility index (Phi) is 4.68. The van der Waals surface area contributed by atoms with Crippen molar-refractivity contribution in [1.29, 1.82) is 5.26 Å². The van der Waals surface area contributed by atoms with Crippen LogP contribution in [0.5, 0.6) is 11.5 Å². The number of nitriles is 1. The molecule has 0 aliphatic carbocycles. The zero-order valence-electron chi connectivity index (χ0n) is 14.6. The first-order chi connectivity index (χ1) is 13.7. The maximum absolute atomic E-state index is 12.3. The van der Waals surface area contributed by atoms with E-state index >= 15 is 0 Å². The Morgan fingerprint density at radius 1 is 1.11 bits per heavy atom. The molecule has 0 aliphatic rings. The molecule has 0 radical (unpaired) electrons. The lowest BCUT2D eigenvalue weighted by molar-refractivity contribution is 0.0942. The highest BCUT2D eigenvalue weighted by atomic mass is 16.5. The largest absolute Gasteiger partial charge is 0.457 e. The molecule has 0 spiro atoms. The van der Waals surface area contributed by atoms with Gasteiger partial charge in [0.05, 0.1) is 29.9 Å². The summed E-state index contributed by atoms with van der Waals surface area (Å²) in [5.74, 6) is 1.39. The summed E-state index contributed by atoms with van der Waals surface area (Å²) in [4.78, 5) is 20.6. The first-order valence-corrected chi connectivity index (χ1v) is 8.47. The average Bonchev–Trinajstić information content (AvgIpc) is 3.26. The van der Waals surface area contributed by atoms with E-state index in [9.17, 15) is 4.79 Å². The summed E-state index contributed by atoms with van der Waals surface area (Å²) < 4.78 is 10.9. The van der Waals surface area contributed by atoms with Gasteiger partial charge in [-0.15, -0.1) is 0 Å². The van der Waals surface area contributed by atoms with Crippen molar-refractivity contribution in [2.75, 3.05) is 0 Å². The minimum Gasteiger partial charge on any atom is -0.457 e. The summed E-state index contributed by atoms with van der Waals surface area (Å²) in [5, 5.41) is 12.4. The lowest BCUT2D eigenvalue weighted by Gasteiger charge is -2.08. The number of rotatable bonds is 5. The molecule has 1 amide bonds. The Labute approximate surface area is 160 Å². The van der Waals surface area contributed by atoms with Crippen molar-refractivity contribution in [2.24, 2.45) is 0 Å². The van der Waals surface area contributed by atoms with Crippen molar-refractivity contribution >= 4 is 16.8 Å². The predicted octanol–water partition coefficient (Wildman–Crippen LogP) is 3.82. The van der Waals surface area contributed by atoms with E-state index < -0.39 is 0 Å². The number of hydrogen-bond donors (Lipinski definition) is 1. The molecule has 0 saturated carbocycles. The Hall–Kier alpha value is -4.18. The number of oxazole rings is 1. The van der Waals surface area contributed by atoms with Crippen molar-refractivity contribution in [2.45, 2.75) is 6.54 Å². The molecule has 136 valence electrons. The second-order valence-electron chi connectivity index (χ2n) is 5.90. The van der Waals surface area contributed by atoms with Crippen LogP contribution in [0.3, 0.4) is 0 Å². The zero-order chi connectivity index (χ0) is 19.3. The third kappa shape index (κ3) is 3.81. The van der Waals surface area contributed by atoms with E-state index in [1.807, 2.05) is 12.1 Å².